The van der Waals surface area contributed by atoms with E-state index in [1.54, 1.807) is 6.07 Å². The molecule has 2 unspecified atom stereocenters. The predicted molar refractivity (Wildman–Crippen MR) is 71.7 cm³/mol. The second-order valence-corrected chi connectivity index (χ2v) is 5.51. The van der Waals surface area contributed by atoms with Gasteiger partial charge in [0, 0.05) is 29.3 Å². The molecule has 0 aromatic heterocycles. The Morgan fingerprint density at radius 1 is 1.41 bits per heavy atom. The largest absolute Gasteiger partial charge is 0.381 e. The maximum atomic E-state index is 6.15. The first-order valence-electron chi connectivity index (χ1n) is 5.92. The highest BCUT2D eigenvalue weighted by molar-refractivity contribution is 6.35. The number of hydrogen-bond donors (Lipinski definition) is 1. The Bertz CT molecular complexity index is 378. The molecular formula is C13H17Cl2NO. The van der Waals surface area contributed by atoms with E-state index >= 15 is 0 Å². The van der Waals surface area contributed by atoms with Gasteiger partial charge >= 0.3 is 0 Å². The van der Waals surface area contributed by atoms with E-state index in [1.807, 2.05) is 12.1 Å². The first-order valence-corrected chi connectivity index (χ1v) is 6.68. The van der Waals surface area contributed by atoms with E-state index in [1.165, 1.54) is 0 Å². The Labute approximate surface area is 112 Å². The highest BCUT2D eigenvalue weighted by Gasteiger charge is 2.19. The van der Waals surface area contributed by atoms with Gasteiger partial charge in [-0.2, -0.15) is 0 Å². The van der Waals surface area contributed by atoms with Crippen LogP contribution < -0.4 is 5.73 Å². The van der Waals surface area contributed by atoms with E-state index < -0.39 is 0 Å². The number of benzene rings is 1. The summed E-state index contributed by atoms with van der Waals surface area (Å²) in [6.07, 6.45) is 2.92. The van der Waals surface area contributed by atoms with Gasteiger partial charge in [0.1, 0.15) is 0 Å². The zero-order chi connectivity index (χ0) is 12.3. The predicted octanol–water partition coefficient (Wildman–Crippen LogP) is 3.29. The van der Waals surface area contributed by atoms with Crippen molar-refractivity contribution in [3.05, 3.63) is 33.8 Å². The molecule has 0 saturated carbocycles. The van der Waals surface area contributed by atoms with Gasteiger partial charge in [0.25, 0.3) is 0 Å². The Hall–Kier alpha value is -0.280. The van der Waals surface area contributed by atoms with E-state index in [0.29, 0.717) is 16.0 Å². The molecule has 94 valence electrons. The summed E-state index contributed by atoms with van der Waals surface area (Å²) in [5.74, 6) is 0.607. The van der Waals surface area contributed by atoms with Crippen LogP contribution in [0.15, 0.2) is 18.2 Å². The number of rotatable bonds is 4. The molecule has 0 amide bonds. The molecule has 2 rings (SSSR count). The van der Waals surface area contributed by atoms with Crippen LogP contribution in [0.3, 0.4) is 0 Å². The van der Waals surface area contributed by atoms with Crippen molar-refractivity contribution in [2.24, 2.45) is 11.7 Å². The van der Waals surface area contributed by atoms with Gasteiger partial charge < -0.3 is 10.5 Å². The fourth-order valence-corrected chi connectivity index (χ4v) is 2.74. The molecule has 1 aliphatic rings. The zero-order valence-electron chi connectivity index (χ0n) is 9.66. The lowest BCUT2D eigenvalue weighted by Gasteiger charge is -2.16. The molecule has 17 heavy (non-hydrogen) atoms. The van der Waals surface area contributed by atoms with Crippen LogP contribution in [0.5, 0.6) is 0 Å². The van der Waals surface area contributed by atoms with Crippen LogP contribution in [0.1, 0.15) is 18.4 Å². The topological polar surface area (TPSA) is 35.2 Å². The van der Waals surface area contributed by atoms with E-state index in [0.717, 1.165) is 38.0 Å². The van der Waals surface area contributed by atoms with Crippen molar-refractivity contribution in [2.45, 2.75) is 25.3 Å². The van der Waals surface area contributed by atoms with E-state index in [2.05, 4.69) is 0 Å². The molecule has 1 aromatic rings. The van der Waals surface area contributed by atoms with Gasteiger partial charge in [0.2, 0.25) is 0 Å². The molecule has 1 heterocycles. The summed E-state index contributed by atoms with van der Waals surface area (Å²) in [5.41, 5.74) is 7.22. The lowest BCUT2D eigenvalue weighted by molar-refractivity contribution is 0.182. The number of halogens is 2. The highest BCUT2D eigenvalue weighted by atomic mass is 35.5. The standard InChI is InChI=1S/C13H17Cl2NO/c14-11-2-1-10(13(15)7-11)6-12(16)5-9-3-4-17-8-9/h1-2,7,9,12H,3-6,8,16H2. The van der Waals surface area contributed by atoms with Crippen molar-refractivity contribution in [1.82, 2.24) is 0 Å². The monoisotopic (exact) mass is 273 g/mol. The molecule has 0 bridgehead atoms. The van der Waals surface area contributed by atoms with Gasteiger partial charge in [0.05, 0.1) is 0 Å². The molecule has 4 heteroatoms. The molecule has 2 N–H and O–H groups in total. The van der Waals surface area contributed by atoms with Gasteiger partial charge in [-0.25, -0.2) is 0 Å². The van der Waals surface area contributed by atoms with Crippen LogP contribution in [0.25, 0.3) is 0 Å². The van der Waals surface area contributed by atoms with Crippen molar-refractivity contribution in [3.8, 4) is 0 Å². The van der Waals surface area contributed by atoms with Crippen molar-refractivity contribution < 1.29 is 4.74 Å². The number of nitrogens with two attached hydrogens (primary N) is 1. The first-order chi connectivity index (χ1) is 8.15. The molecule has 2 atom stereocenters. The van der Waals surface area contributed by atoms with E-state index in [9.17, 15) is 0 Å². The van der Waals surface area contributed by atoms with Crippen LogP contribution in [0, 0.1) is 5.92 Å². The second kappa shape index (κ2) is 6.05. The van der Waals surface area contributed by atoms with Gasteiger partial charge in [-0.1, -0.05) is 29.3 Å². The third kappa shape index (κ3) is 3.85. The van der Waals surface area contributed by atoms with Crippen LogP contribution in [-0.4, -0.2) is 19.3 Å². The van der Waals surface area contributed by atoms with Crippen molar-refractivity contribution in [2.75, 3.05) is 13.2 Å². The average Bonchev–Trinajstić information content (AvgIpc) is 2.75. The summed E-state index contributed by atoms with van der Waals surface area (Å²) in [7, 11) is 0. The minimum absolute atomic E-state index is 0.139. The summed E-state index contributed by atoms with van der Waals surface area (Å²) in [6, 6.07) is 5.72. The molecule has 1 aromatic carbocycles. The molecule has 1 saturated heterocycles. The van der Waals surface area contributed by atoms with Crippen molar-refractivity contribution >= 4 is 23.2 Å². The van der Waals surface area contributed by atoms with Gasteiger partial charge in [0.15, 0.2) is 0 Å². The lowest BCUT2D eigenvalue weighted by Crippen LogP contribution is -2.26. The number of ether oxygens (including phenoxy) is 1. The van der Waals surface area contributed by atoms with E-state index in [4.69, 9.17) is 33.7 Å². The Morgan fingerprint density at radius 2 is 2.24 bits per heavy atom. The summed E-state index contributed by atoms with van der Waals surface area (Å²) < 4.78 is 5.35. The highest BCUT2D eigenvalue weighted by Crippen LogP contribution is 2.24. The minimum atomic E-state index is 0.139. The fraction of sp³-hybridized carbons (Fsp3) is 0.538. The summed E-state index contributed by atoms with van der Waals surface area (Å²) in [5, 5.41) is 1.37. The zero-order valence-corrected chi connectivity index (χ0v) is 11.2. The van der Waals surface area contributed by atoms with Crippen LogP contribution in [-0.2, 0) is 11.2 Å². The first kappa shape index (κ1) is 13.2. The van der Waals surface area contributed by atoms with Gasteiger partial charge in [-0.3, -0.25) is 0 Å². The third-order valence-corrected chi connectivity index (χ3v) is 3.74. The molecular weight excluding hydrogens is 257 g/mol. The third-order valence-electron chi connectivity index (χ3n) is 3.16. The van der Waals surface area contributed by atoms with Crippen molar-refractivity contribution in [1.29, 1.82) is 0 Å². The molecule has 0 aliphatic carbocycles. The molecule has 1 aliphatic heterocycles. The quantitative estimate of drug-likeness (QED) is 0.914. The van der Waals surface area contributed by atoms with Gasteiger partial charge in [-0.15, -0.1) is 0 Å². The second-order valence-electron chi connectivity index (χ2n) is 4.67. The minimum Gasteiger partial charge on any atom is -0.381 e. The lowest BCUT2D eigenvalue weighted by atomic mass is 9.95. The van der Waals surface area contributed by atoms with Crippen LogP contribution in [0.2, 0.25) is 10.0 Å². The van der Waals surface area contributed by atoms with Gasteiger partial charge in [-0.05, 0) is 42.9 Å². The average molecular weight is 274 g/mol. The van der Waals surface area contributed by atoms with Crippen molar-refractivity contribution in [3.63, 3.8) is 0 Å². The fourth-order valence-electron chi connectivity index (χ4n) is 2.25. The molecule has 1 fully saturated rings. The SMILES string of the molecule is NC(Cc1ccc(Cl)cc1Cl)CC1CCOC1. The van der Waals surface area contributed by atoms with E-state index in [-0.39, 0.29) is 6.04 Å². The Kier molecular flexibility index (Phi) is 4.69. The smallest absolute Gasteiger partial charge is 0.0495 e. The number of hydrogen-bond acceptors (Lipinski definition) is 2. The van der Waals surface area contributed by atoms with Crippen LogP contribution >= 0.6 is 23.2 Å². The molecule has 0 radical (unpaired) electrons. The Morgan fingerprint density at radius 3 is 2.88 bits per heavy atom. The molecule has 0 spiro atoms. The molecule has 2 nitrogen and oxygen atoms in total. The summed E-state index contributed by atoms with van der Waals surface area (Å²) in [6.45, 7) is 1.72. The maximum absolute atomic E-state index is 6.15. The maximum Gasteiger partial charge on any atom is 0.0495 e. The summed E-state index contributed by atoms with van der Waals surface area (Å²) >= 11 is 12.0. The normalized spacial score (nSPS) is 21.7. The summed E-state index contributed by atoms with van der Waals surface area (Å²) in [4.78, 5) is 0. The van der Waals surface area contributed by atoms with Crippen LogP contribution in [0.4, 0.5) is 0 Å². The Balaban J connectivity index is 1.90.